The van der Waals surface area contributed by atoms with Crippen molar-refractivity contribution in [3.8, 4) is 5.75 Å². The number of halogens is 3. The monoisotopic (exact) mass is 355 g/mol. The van der Waals surface area contributed by atoms with Gasteiger partial charge < -0.3 is 15.0 Å². The fraction of sp³-hybridized carbons (Fsp3) is 0.0769. The van der Waals surface area contributed by atoms with Crippen molar-refractivity contribution in [1.82, 2.24) is 15.3 Å². The van der Waals surface area contributed by atoms with Gasteiger partial charge in [0.25, 0.3) is 0 Å². The molecule has 0 radical (unpaired) electrons. The SMILES string of the molecule is CNC(=O)Oc1cc(F)c(F)c2c1[nH]c1ncc(Br)cc12. The number of carbonyl (C=O) groups excluding carboxylic acids is 1. The normalized spacial score (nSPS) is 11.0. The fourth-order valence-electron chi connectivity index (χ4n) is 2.06. The van der Waals surface area contributed by atoms with Gasteiger partial charge in [-0.2, -0.15) is 0 Å². The lowest BCUT2D eigenvalue weighted by Gasteiger charge is -2.06. The van der Waals surface area contributed by atoms with Crippen LogP contribution in [0.25, 0.3) is 21.9 Å². The summed E-state index contributed by atoms with van der Waals surface area (Å²) in [7, 11) is 1.36. The van der Waals surface area contributed by atoms with Gasteiger partial charge in [-0.25, -0.2) is 18.6 Å². The Bertz CT molecular complexity index is 879. The third-order valence-electron chi connectivity index (χ3n) is 2.96. The Labute approximate surface area is 125 Å². The molecule has 0 aliphatic rings. The summed E-state index contributed by atoms with van der Waals surface area (Å²) in [6.07, 6.45) is 0.737. The van der Waals surface area contributed by atoms with Crippen molar-refractivity contribution in [3.05, 3.63) is 34.4 Å². The van der Waals surface area contributed by atoms with Crippen LogP contribution in [0.1, 0.15) is 0 Å². The van der Waals surface area contributed by atoms with Gasteiger partial charge in [0, 0.05) is 29.2 Å². The number of pyridine rings is 1. The summed E-state index contributed by atoms with van der Waals surface area (Å²) in [6, 6.07) is 2.42. The minimum absolute atomic E-state index is 0.0160. The standard InChI is InChI=1S/C13H8BrF2N3O2/c1-17-13(20)21-8-3-7(15)10(16)9-6-2-5(14)4-18-12(6)19-11(8)9/h2-4H,1H3,(H,17,20)(H,18,19). The van der Waals surface area contributed by atoms with Gasteiger partial charge in [0.2, 0.25) is 0 Å². The molecule has 0 aliphatic heterocycles. The van der Waals surface area contributed by atoms with E-state index in [-0.39, 0.29) is 16.7 Å². The molecule has 2 heterocycles. The van der Waals surface area contributed by atoms with Gasteiger partial charge in [-0.15, -0.1) is 0 Å². The average Bonchev–Trinajstić information content (AvgIpc) is 2.83. The highest BCUT2D eigenvalue weighted by atomic mass is 79.9. The zero-order chi connectivity index (χ0) is 15.1. The third-order valence-corrected chi connectivity index (χ3v) is 3.39. The second-order valence-electron chi connectivity index (χ2n) is 4.23. The molecule has 0 unspecified atom stereocenters. The van der Waals surface area contributed by atoms with Crippen molar-refractivity contribution in [2.45, 2.75) is 0 Å². The first-order valence-electron chi connectivity index (χ1n) is 5.85. The van der Waals surface area contributed by atoms with E-state index in [0.29, 0.717) is 15.5 Å². The Morgan fingerprint density at radius 1 is 1.43 bits per heavy atom. The van der Waals surface area contributed by atoms with Gasteiger partial charge in [-0.05, 0) is 22.0 Å². The van der Waals surface area contributed by atoms with Crippen molar-refractivity contribution in [2.75, 3.05) is 7.05 Å². The summed E-state index contributed by atoms with van der Waals surface area (Å²) < 4.78 is 33.4. The maximum absolute atomic E-state index is 14.1. The lowest BCUT2D eigenvalue weighted by molar-refractivity contribution is 0.203. The molecule has 0 spiro atoms. The Kier molecular flexibility index (Phi) is 3.25. The number of fused-ring (bicyclic) bond motifs is 3. The highest BCUT2D eigenvalue weighted by molar-refractivity contribution is 9.10. The molecule has 0 saturated heterocycles. The molecule has 0 aliphatic carbocycles. The van der Waals surface area contributed by atoms with Crippen molar-refractivity contribution in [1.29, 1.82) is 0 Å². The van der Waals surface area contributed by atoms with Gasteiger partial charge in [0.1, 0.15) is 5.65 Å². The van der Waals surface area contributed by atoms with Gasteiger partial charge in [-0.3, -0.25) is 0 Å². The highest BCUT2D eigenvalue weighted by Gasteiger charge is 2.20. The van der Waals surface area contributed by atoms with E-state index in [1.165, 1.54) is 13.2 Å². The van der Waals surface area contributed by atoms with E-state index < -0.39 is 17.7 Å². The molecule has 2 N–H and O–H groups in total. The molecule has 1 aromatic carbocycles. The quantitative estimate of drug-likeness (QED) is 0.702. The number of hydrogen-bond donors (Lipinski definition) is 2. The van der Waals surface area contributed by atoms with Crippen molar-refractivity contribution in [3.63, 3.8) is 0 Å². The Hall–Kier alpha value is -2.22. The first-order valence-corrected chi connectivity index (χ1v) is 6.65. The van der Waals surface area contributed by atoms with E-state index >= 15 is 0 Å². The van der Waals surface area contributed by atoms with Crippen molar-refractivity contribution < 1.29 is 18.3 Å². The number of aromatic amines is 1. The summed E-state index contributed by atoms with van der Waals surface area (Å²) in [5.74, 6) is -2.25. The molecule has 0 fully saturated rings. The molecule has 0 bridgehead atoms. The number of amides is 1. The van der Waals surface area contributed by atoms with E-state index in [9.17, 15) is 13.6 Å². The van der Waals surface area contributed by atoms with Crippen LogP contribution in [0.2, 0.25) is 0 Å². The summed E-state index contributed by atoms with van der Waals surface area (Å²) in [5.41, 5.74) is 0.526. The number of hydrogen-bond acceptors (Lipinski definition) is 3. The Balaban J connectivity index is 2.38. The second-order valence-corrected chi connectivity index (χ2v) is 5.15. The molecular weight excluding hydrogens is 348 g/mol. The zero-order valence-electron chi connectivity index (χ0n) is 10.6. The molecule has 0 saturated carbocycles. The number of H-pyrrole nitrogens is 1. The van der Waals surface area contributed by atoms with Gasteiger partial charge in [0.15, 0.2) is 17.4 Å². The first kappa shape index (κ1) is 13.7. The van der Waals surface area contributed by atoms with Gasteiger partial charge in [-0.1, -0.05) is 0 Å². The van der Waals surface area contributed by atoms with Crippen LogP contribution >= 0.6 is 15.9 Å². The van der Waals surface area contributed by atoms with Gasteiger partial charge >= 0.3 is 6.09 Å². The average molecular weight is 356 g/mol. The summed E-state index contributed by atoms with van der Waals surface area (Å²) >= 11 is 3.23. The summed E-state index contributed by atoms with van der Waals surface area (Å²) in [6.45, 7) is 0. The van der Waals surface area contributed by atoms with Crippen LogP contribution in [0.4, 0.5) is 13.6 Å². The number of ether oxygens (including phenoxy) is 1. The van der Waals surface area contributed by atoms with Crippen molar-refractivity contribution in [2.24, 2.45) is 0 Å². The summed E-state index contributed by atoms with van der Waals surface area (Å²) in [4.78, 5) is 18.2. The van der Waals surface area contributed by atoms with E-state index in [4.69, 9.17) is 4.74 Å². The molecule has 1 amide bonds. The number of carbonyl (C=O) groups is 1. The predicted molar refractivity (Wildman–Crippen MR) is 76.3 cm³/mol. The maximum atomic E-state index is 14.1. The lowest BCUT2D eigenvalue weighted by Crippen LogP contribution is -2.22. The largest absolute Gasteiger partial charge is 0.412 e. The van der Waals surface area contributed by atoms with Crippen LogP contribution in [0.3, 0.4) is 0 Å². The minimum Gasteiger partial charge on any atom is -0.408 e. The fourth-order valence-corrected chi connectivity index (χ4v) is 2.39. The van der Waals surface area contributed by atoms with Crippen LogP contribution in [-0.4, -0.2) is 23.1 Å². The van der Waals surface area contributed by atoms with Gasteiger partial charge in [0.05, 0.1) is 10.9 Å². The van der Waals surface area contributed by atoms with E-state index in [0.717, 1.165) is 6.07 Å². The van der Waals surface area contributed by atoms with E-state index in [1.54, 1.807) is 6.07 Å². The molecule has 5 nitrogen and oxygen atoms in total. The predicted octanol–water partition coefficient (Wildman–Crippen LogP) is 3.48. The molecule has 108 valence electrons. The number of nitrogens with zero attached hydrogens (tertiary/aromatic N) is 1. The first-order chi connectivity index (χ1) is 10.0. The smallest absolute Gasteiger partial charge is 0.408 e. The number of aromatic nitrogens is 2. The molecule has 21 heavy (non-hydrogen) atoms. The van der Waals surface area contributed by atoms with E-state index in [1.807, 2.05) is 0 Å². The molecule has 0 atom stereocenters. The van der Waals surface area contributed by atoms with Crippen LogP contribution in [-0.2, 0) is 0 Å². The van der Waals surface area contributed by atoms with Crippen LogP contribution in [0.15, 0.2) is 22.8 Å². The Morgan fingerprint density at radius 2 is 2.19 bits per heavy atom. The number of nitrogens with one attached hydrogen (secondary N) is 2. The molecule has 3 rings (SSSR count). The number of benzene rings is 1. The lowest BCUT2D eigenvalue weighted by atomic mass is 10.1. The zero-order valence-corrected chi connectivity index (χ0v) is 12.2. The van der Waals surface area contributed by atoms with Crippen molar-refractivity contribution >= 4 is 44.0 Å². The number of rotatable bonds is 1. The third kappa shape index (κ3) is 2.21. The molecule has 3 aromatic rings. The van der Waals surface area contributed by atoms with E-state index in [2.05, 4.69) is 31.2 Å². The second kappa shape index (κ2) is 4.96. The highest BCUT2D eigenvalue weighted by Crippen LogP contribution is 2.35. The minimum atomic E-state index is -1.11. The van der Waals surface area contributed by atoms with Crippen LogP contribution in [0.5, 0.6) is 5.75 Å². The molecule has 8 heteroatoms. The topological polar surface area (TPSA) is 67.0 Å². The Morgan fingerprint density at radius 3 is 2.90 bits per heavy atom. The van der Waals surface area contributed by atoms with Crippen LogP contribution < -0.4 is 10.1 Å². The maximum Gasteiger partial charge on any atom is 0.412 e. The van der Waals surface area contributed by atoms with Crippen LogP contribution in [0, 0.1) is 11.6 Å². The molecular formula is C13H8BrF2N3O2. The summed E-state index contributed by atoms with van der Waals surface area (Å²) in [5, 5.41) is 2.61. The molecule has 2 aromatic heterocycles.